The van der Waals surface area contributed by atoms with Crippen molar-refractivity contribution in [1.82, 2.24) is 10.2 Å². The number of hydrogen-bond acceptors (Lipinski definition) is 5. The van der Waals surface area contributed by atoms with Crippen molar-refractivity contribution in [3.05, 3.63) is 125 Å². The normalized spacial score (nSPS) is 11.8. The maximum atomic E-state index is 14.4. The Hall–Kier alpha value is -4.34. The first kappa shape index (κ1) is 32.6. The largest absolute Gasteiger partial charge is 0.494 e. The number of hydrogen-bond donors (Lipinski definition) is 1. The summed E-state index contributed by atoms with van der Waals surface area (Å²) in [5.74, 6) is -0.330. The number of benzene rings is 4. The smallest absolute Gasteiger partial charge is 0.264 e. The van der Waals surface area contributed by atoms with Gasteiger partial charge in [0.2, 0.25) is 11.8 Å². The maximum absolute atomic E-state index is 14.4. The monoisotopic (exact) mass is 633 g/mol. The van der Waals surface area contributed by atoms with Crippen LogP contribution in [0.4, 0.5) is 5.69 Å². The third kappa shape index (κ3) is 7.98. The number of amides is 2. The summed E-state index contributed by atoms with van der Waals surface area (Å²) in [6, 6.07) is 28.4. The van der Waals surface area contributed by atoms with Gasteiger partial charge in [-0.25, -0.2) is 8.42 Å². The van der Waals surface area contributed by atoms with Gasteiger partial charge in [-0.1, -0.05) is 66.2 Å². The number of nitrogens with zero attached hydrogens (tertiary/aromatic N) is 2. The van der Waals surface area contributed by atoms with E-state index >= 15 is 0 Å². The summed E-state index contributed by atoms with van der Waals surface area (Å²) in [7, 11) is -2.71. The molecule has 44 heavy (non-hydrogen) atoms. The molecule has 0 radical (unpaired) electrons. The van der Waals surface area contributed by atoms with Crippen LogP contribution in [0.25, 0.3) is 0 Å². The predicted octanol–water partition coefficient (Wildman–Crippen LogP) is 5.63. The fourth-order valence-corrected chi connectivity index (χ4v) is 6.37. The second kappa shape index (κ2) is 14.9. The van der Waals surface area contributed by atoms with Crippen LogP contribution < -0.4 is 14.4 Å². The Labute approximate surface area is 264 Å². The Morgan fingerprint density at radius 3 is 2.14 bits per heavy atom. The fraction of sp³-hybridized carbons (Fsp3) is 0.235. The van der Waals surface area contributed by atoms with Crippen LogP contribution in [0, 0.1) is 6.92 Å². The highest BCUT2D eigenvalue weighted by Crippen LogP contribution is 2.28. The number of halogens is 1. The molecule has 2 amide bonds. The molecule has 0 spiro atoms. The topological polar surface area (TPSA) is 96.0 Å². The van der Waals surface area contributed by atoms with Crippen molar-refractivity contribution in [1.29, 1.82) is 0 Å². The van der Waals surface area contributed by atoms with Crippen molar-refractivity contribution in [2.45, 2.75) is 37.8 Å². The molecule has 1 atom stereocenters. The number of likely N-dealkylation sites (N-methyl/N-ethyl adjacent to an activating group) is 1. The summed E-state index contributed by atoms with van der Waals surface area (Å²) in [4.78, 5) is 29.2. The molecular weight excluding hydrogens is 598 g/mol. The minimum atomic E-state index is -4.23. The van der Waals surface area contributed by atoms with E-state index in [0.29, 0.717) is 17.4 Å². The number of ether oxygens (including phenoxy) is 1. The average molecular weight is 634 g/mol. The van der Waals surface area contributed by atoms with Gasteiger partial charge >= 0.3 is 0 Å². The molecule has 0 aliphatic heterocycles. The number of rotatable bonds is 13. The zero-order chi connectivity index (χ0) is 31.7. The lowest BCUT2D eigenvalue weighted by molar-refractivity contribution is -0.139. The number of nitrogens with one attached hydrogen (secondary N) is 1. The Morgan fingerprint density at radius 1 is 0.886 bits per heavy atom. The number of carbonyl (C=O) groups excluding carboxylic acids is 2. The Balaban J connectivity index is 1.79. The highest BCUT2D eigenvalue weighted by Gasteiger charge is 2.34. The Kier molecular flexibility index (Phi) is 11.0. The Bertz CT molecular complexity index is 1660. The molecule has 0 heterocycles. The molecule has 0 bridgehead atoms. The summed E-state index contributed by atoms with van der Waals surface area (Å²) in [5.41, 5.74) is 2.92. The van der Waals surface area contributed by atoms with Crippen molar-refractivity contribution < 1.29 is 22.7 Å². The van der Waals surface area contributed by atoms with Gasteiger partial charge in [0.1, 0.15) is 18.3 Å². The molecule has 0 saturated carbocycles. The van der Waals surface area contributed by atoms with Gasteiger partial charge in [0.05, 0.1) is 17.2 Å². The third-order valence-electron chi connectivity index (χ3n) is 7.24. The van der Waals surface area contributed by atoms with Crippen LogP contribution >= 0.6 is 11.6 Å². The summed E-state index contributed by atoms with van der Waals surface area (Å²) in [6.45, 7) is 3.79. The lowest BCUT2D eigenvalue weighted by Gasteiger charge is -2.34. The summed E-state index contributed by atoms with van der Waals surface area (Å²) in [6.07, 6.45) is 0.241. The van der Waals surface area contributed by atoms with E-state index in [1.165, 1.54) is 36.2 Å². The van der Waals surface area contributed by atoms with Gasteiger partial charge in [-0.05, 0) is 79.1 Å². The zero-order valence-corrected chi connectivity index (χ0v) is 26.5. The van der Waals surface area contributed by atoms with Crippen LogP contribution in [0.2, 0.25) is 5.02 Å². The number of anilines is 1. The third-order valence-corrected chi connectivity index (χ3v) is 9.28. The number of carbonyl (C=O) groups is 2. The molecule has 4 rings (SSSR count). The Morgan fingerprint density at radius 2 is 1.52 bits per heavy atom. The van der Waals surface area contributed by atoms with E-state index in [1.54, 1.807) is 24.3 Å². The molecule has 0 fully saturated rings. The summed E-state index contributed by atoms with van der Waals surface area (Å²) >= 11 is 6.04. The van der Waals surface area contributed by atoms with Crippen molar-refractivity contribution in [3.63, 3.8) is 0 Å². The minimum Gasteiger partial charge on any atom is -0.494 e. The minimum absolute atomic E-state index is 0.0267. The molecule has 0 aliphatic carbocycles. The summed E-state index contributed by atoms with van der Waals surface area (Å²) < 4.78 is 34.8. The molecule has 8 nitrogen and oxygen atoms in total. The van der Waals surface area contributed by atoms with E-state index in [0.717, 1.165) is 21.0 Å². The van der Waals surface area contributed by atoms with Gasteiger partial charge in [0.25, 0.3) is 10.0 Å². The summed E-state index contributed by atoms with van der Waals surface area (Å²) in [5, 5.41) is 3.08. The molecule has 0 saturated heterocycles. The van der Waals surface area contributed by atoms with Crippen molar-refractivity contribution >= 4 is 39.1 Å². The SMILES string of the molecule is CCOc1ccc(N(CC(=O)N(Cc2ccccc2C)[C@H](Cc2ccccc2)C(=O)NC)S(=O)(=O)c2ccc(Cl)cc2)cc1. The van der Waals surface area contributed by atoms with E-state index < -0.39 is 28.5 Å². The van der Waals surface area contributed by atoms with Crippen LogP contribution in [0.15, 0.2) is 108 Å². The maximum Gasteiger partial charge on any atom is 0.264 e. The number of aryl methyl sites for hydroxylation is 1. The van der Waals surface area contributed by atoms with Gasteiger partial charge in [0, 0.05) is 25.0 Å². The first-order valence-electron chi connectivity index (χ1n) is 14.2. The first-order chi connectivity index (χ1) is 21.1. The lowest BCUT2D eigenvalue weighted by Crippen LogP contribution is -2.53. The van der Waals surface area contributed by atoms with Gasteiger partial charge < -0.3 is 15.0 Å². The molecule has 0 aromatic heterocycles. The van der Waals surface area contributed by atoms with Crippen molar-refractivity contribution in [2.75, 3.05) is 24.5 Å². The van der Waals surface area contributed by atoms with Gasteiger partial charge in [-0.2, -0.15) is 0 Å². The zero-order valence-electron chi connectivity index (χ0n) is 24.9. The molecule has 10 heteroatoms. The van der Waals surface area contributed by atoms with Crippen molar-refractivity contribution in [2.24, 2.45) is 0 Å². The van der Waals surface area contributed by atoms with Crippen LogP contribution in [-0.2, 0) is 32.6 Å². The molecule has 4 aromatic rings. The fourth-order valence-electron chi connectivity index (χ4n) is 4.83. The van der Waals surface area contributed by atoms with Crippen LogP contribution in [0.3, 0.4) is 0 Å². The highest BCUT2D eigenvalue weighted by molar-refractivity contribution is 7.92. The van der Waals surface area contributed by atoms with E-state index in [9.17, 15) is 18.0 Å². The van der Waals surface area contributed by atoms with E-state index in [-0.39, 0.29) is 29.5 Å². The van der Waals surface area contributed by atoms with Gasteiger partial charge in [-0.3, -0.25) is 13.9 Å². The molecule has 0 aliphatic rings. The first-order valence-corrected chi connectivity index (χ1v) is 16.1. The molecule has 0 unspecified atom stereocenters. The molecule has 1 N–H and O–H groups in total. The molecule has 4 aromatic carbocycles. The molecular formula is C34H36ClN3O5S. The lowest BCUT2D eigenvalue weighted by atomic mass is 10.0. The van der Waals surface area contributed by atoms with Crippen LogP contribution in [0.1, 0.15) is 23.6 Å². The standard InChI is InChI=1S/C34H36ClN3O5S/c1-4-43-30-18-16-29(17-19-30)38(44(41,42)31-20-14-28(35)15-21-31)24-33(39)37(23-27-13-9-8-10-25(27)2)32(34(40)36-3)22-26-11-6-5-7-12-26/h5-21,32H,4,22-24H2,1-3H3,(H,36,40)/t32-/m1/s1. The molecule has 230 valence electrons. The predicted molar refractivity (Wildman–Crippen MR) is 173 cm³/mol. The van der Waals surface area contributed by atoms with Gasteiger partial charge in [-0.15, -0.1) is 0 Å². The van der Waals surface area contributed by atoms with Gasteiger partial charge in [0.15, 0.2) is 0 Å². The quantitative estimate of drug-likeness (QED) is 0.206. The van der Waals surface area contributed by atoms with E-state index in [4.69, 9.17) is 16.3 Å². The van der Waals surface area contributed by atoms with E-state index in [1.807, 2.05) is 68.4 Å². The van der Waals surface area contributed by atoms with Crippen LogP contribution in [0.5, 0.6) is 5.75 Å². The van der Waals surface area contributed by atoms with Crippen molar-refractivity contribution in [3.8, 4) is 5.75 Å². The average Bonchev–Trinajstić information content (AvgIpc) is 3.03. The second-order valence-electron chi connectivity index (χ2n) is 10.2. The number of sulfonamides is 1. The highest BCUT2D eigenvalue weighted by atomic mass is 35.5. The van der Waals surface area contributed by atoms with E-state index in [2.05, 4.69) is 5.32 Å². The van der Waals surface area contributed by atoms with Crippen LogP contribution in [-0.4, -0.2) is 51.4 Å². The second-order valence-corrected chi connectivity index (χ2v) is 12.5.